The summed E-state index contributed by atoms with van der Waals surface area (Å²) >= 11 is 0. The molecule has 0 aromatic carbocycles. The van der Waals surface area contributed by atoms with Crippen molar-refractivity contribution in [3.8, 4) is 0 Å². The van der Waals surface area contributed by atoms with Crippen molar-refractivity contribution in [2.24, 2.45) is 23.7 Å². The summed E-state index contributed by atoms with van der Waals surface area (Å²) in [6.07, 6.45) is 8.34. The van der Waals surface area contributed by atoms with E-state index in [0.29, 0.717) is 24.4 Å². The Bertz CT molecular complexity index is 415. The monoisotopic (exact) mass is 372 g/mol. The predicted molar refractivity (Wildman–Crippen MR) is 97.1 cm³/mol. The van der Waals surface area contributed by atoms with Crippen LogP contribution in [0.25, 0.3) is 0 Å². The number of hydrogen-bond donors (Lipinski definition) is 2. The second-order valence-corrected chi connectivity index (χ2v) is 8.56. The molecule has 0 amide bonds. The van der Waals surface area contributed by atoms with E-state index < -0.39 is 18.8 Å². The molecule has 0 aromatic heterocycles. The lowest BCUT2D eigenvalue weighted by molar-refractivity contribution is -0.329. The molecule has 2 N–H and O–H groups in total. The highest BCUT2D eigenvalue weighted by Gasteiger charge is 2.37. The molecule has 0 radical (unpaired) electrons. The number of aliphatic hydroxyl groups is 2. The van der Waals surface area contributed by atoms with E-state index in [0.717, 1.165) is 38.5 Å². The zero-order valence-corrected chi connectivity index (χ0v) is 16.3. The van der Waals surface area contributed by atoms with Crippen LogP contribution in [0.4, 0.5) is 0 Å². The van der Waals surface area contributed by atoms with E-state index in [-0.39, 0.29) is 18.5 Å². The fourth-order valence-corrected chi connectivity index (χ4v) is 4.03. The first-order chi connectivity index (χ1) is 12.5. The molecule has 26 heavy (non-hydrogen) atoms. The van der Waals surface area contributed by atoms with Gasteiger partial charge in [0.1, 0.15) is 6.61 Å². The Balaban J connectivity index is 1.75. The van der Waals surface area contributed by atoms with E-state index in [2.05, 4.69) is 13.8 Å². The van der Waals surface area contributed by atoms with Crippen molar-refractivity contribution in [1.82, 2.24) is 0 Å². The normalized spacial score (nSPS) is 30.2. The lowest BCUT2D eigenvalue weighted by Crippen LogP contribution is -2.48. The molecule has 2 rings (SSSR count). The zero-order valence-electron chi connectivity index (χ0n) is 16.3. The minimum Gasteiger partial charge on any atom is -0.451 e. The van der Waals surface area contributed by atoms with Gasteiger partial charge in [0.2, 0.25) is 0 Å². The maximum Gasteiger partial charge on any atom is 0.309 e. The maximum absolute atomic E-state index is 12.4. The Hall–Kier alpha value is -0.690. The van der Waals surface area contributed by atoms with Gasteiger partial charge in [-0.25, -0.2) is 9.78 Å². The van der Waals surface area contributed by atoms with Crippen molar-refractivity contribution >= 4 is 5.97 Å². The first kappa shape index (κ1) is 21.6. The van der Waals surface area contributed by atoms with E-state index in [9.17, 15) is 15.0 Å². The van der Waals surface area contributed by atoms with Crippen LogP contribution in [-0.4, -0.2) is 48.2 Å². The third-order valence-corrected chi connectivity index (χ3v) is 6.00. The van der Waals surface area contributed by atoms with Crippen LogP contribution in [0, 0.1) is 23.7 Å². The summed E-state index contributed by atoms with van der Waals surface area (Å²) in [5.74, 6) is 1.31. The third-order valence-electron chi connectivity index (χ3n) is 6.00. The van der Waals surface area contributed by atoms with Crippen molar-refractivity contribution in [2.45, 2.75) is 70.8 Å². The van der Waals surface area contributed by atoms with Crippen molar-refractivity contribution in [3.63, 3.8) is 0 Å². The summed E-state index contributed by atoms with van der Waals surface area (Å²) in [4.78, 5) is 22.9. The highest BCUT2D eigenvalue weighted by Crippen LogP contribution is 2.31. The van der Waals surface area contributed by atoms with E-state index in [4.69, 9.17) is 14.5 Å². The van der Waals surface area contributed by atoms with Crippen molar-refractivity contribution in [1.29, 1.82) is 0 Å². The van der Waals surface area contributed by atoms with E-state index >= 15 is 0 Å². The van der Waals surface area contributed by atoms with Crippen molar-refractivity contribution < 1.29 is 29.5 Å². The van der Waals surface area contributed by atoms with Crippen LogP contribution in [0.15, 0.2) is 0 Å². The fraction of sp³-hybridized carbons (Fsp3) is 0.950. The molecule has 0 spiro atoms. The van der Waals surface area contributed by atoms with Gasteiger partial charge in [0, 0.05) is 0 Å². The molecule has 6 heteroatoms. The molecule has 2 atom stereocenters. The number of carbonyl (C=O) groups is 1. The standard InChI is InChI=1S/C20H36O6/c1-15-6-8-18(9-7-15)19(23)26-20(12-21,13-22)14-25-24-11-17-5-3-4-16(2)10-17/h15-18,21-22H,3-14H2,1-2H3. The summed E-state index contributed by atoms with van der Waals surface area (Å²) in [6, 6.07) is 0. The molecule has 2 fully saturated rings. The Morgan fingerprint density at radius 2 is 1.65 bits per heavy atom. The zero-order chi connectivity index (χ0) is 19.0. The second-order valence-electron chi connectivity index (χ2n) is 8.56. The molecule has 0 aliphatic heterocycles. The quantitative estimate of drug-likeness (QED) is 0.280. The fourth-order valence-electron chi connectivity index (χ4n) is 4.03. The summed E-state index contributed by atoms with van der Waals surface area (Å²) in [7, 11) is 0. The largest absolute Gasteiger partial charge is 0.451 e. The SMILES string of the molecule is CC1CCC(C(=O)OC(CO)(CO)COOCC2CCCC(C)C2)CC1. The first-order valence-corrected chi connectivity index (χ1v) is 10.2. The molecule has 2 saturated carbocycles. The number of ether oxygens (including phenoxy) is 1. The van der Waals surface area contributed by atoms with Gasteiger partial charge in [0.25, 0.3) is 0 Å². The molecule has 0 saturated heterocycles. The molecular formula is C20H36O6. The first-order valence-electron chi connectivity index (χ1n) is 10.2. The molecule has 6 nitrogen and oxygen atoms in total. The number of aliphatic hydroxyl groups excluding tert-OH is 2. The van der Waals surface area contributed by atoms with Crippen LogP contribution in [0.2, 0.25) is 0 Å². The topological polar surface area (TPSA) is 85.2 Å². The van der Waals surface area contributed by atoms with Crippen LogP contribution < -0.4 is 0 Å². The molecule has 0 heterocycles. The van der Waals surface area contributed by atoms with Gasteiger partial charge in [-0.1, -0.05) is 26.7 Å². The Kier molecular flexibility index (Phi) is 8.80. The lowest BCUT2D eigenvalue weighted by Gasteiger charge is -2.32. The highest BCUT2D eigenvalue weighted by atomic mass is 17.2. The van der Waals surface area contributed by atoms with Crippen molar-refractivity contribution in [3.05, 3.63) is 0 Å². The summed E-state index contributed by atoms with van der Waals surface area (Å²) < 4.78 is 5.48. The lowest BCUT2D eigenvalue weighted by atomic mass is 9.83. The number of carbonyl (C=O) groups excluding carboxylic acids is 1. The van der Waals surface area contributed by atoms with Crippen LogP contribution in [0.3, 0.4) is 0 Å². The number of rotatable bonds is 9. The summed E-state index contributed by atoms with van der Waals surface area (Å²) in [6.45, 7) is 3.76. The van der Waals surface area contributed by atoms with E-state index in [1.807, 2.05) is 0 Å². The van der Waals surface area contributed by atoms with Gasteiger partial charge in [-0.3, -0.25) is 4.79 Å². The van der Waals surface area contributed by atoms with Gasteiger partial charge in [0.15, 0.2) is 5.60 Å². The average Bonchev–Trinajstić information content (AvgIpc) is 2.65. The Morgan fingerprint density at radius 1 is 0.962 bits per heavy atom. The van der Waals surface area contributed by atoms with Gasteiger partial charge in [-0.05, 0) is 56.3 Å². The molecule has 152 valence electrons. The summed E-state index contributed by atoms with van der Waals surface area (Å²) in [5, 5.41) is 19.4. The Labute approximate surface area is 157 Å². The molecule has 2 unspecified atom stereocenters. The molecule has 0 aromatic rings. The van der Waals surface area contributed by atoms with Crippen molar-refractivity contribution in [2.75, 3.05) is 26.4 Å². The molecule has 2 aliphatic carbocycles. The third kappa shape index (κ3) is 6.48. The number of esters is 1. The highest BCUT2D eigenvalue weighted by molar-refractivity contribution is 5.73. The Morgan fingerprint density at radius 3 is 2.27 bits per heavy atom. The van der Waals surface area contributed by atoms with Crippen LogP contribution >= 0.6 is 0 Å². The smallest absolute Gasteiger partial charge is 0.309 e. The maximum atomic E-state index is 12.4. The minimum absolute atomic E-state index is 0.159. The molecular weight excluding hydrogens is 336 g/mol. The van der Waals surface area contributed by atoms with Crippen LogP contribution in [-0.2, 0) is 19.3 Å². The van der Waals surface area contributed by atoms with Gasteiger partial charge < -0.3 is 14.9 Å². The average molecular weight is 373 g/mol. The van der Waals surface area contributed by atoms with Gasteiger partial charge in [0.05, 0.1) is 25.7 Å². The second kappa shape index (κ2) is 10.6. The molecule has 2 aliphatic rings. The van der Waals surface area contributed by atoms with Gasteiger partial charge in [-0.2, -0.15) is 0 Å². The van der Waals surface area contributed by atoms with E-state index in [1.165, 1.54) is 12.8 Å². The van der Waals surface area contributed by atoms with Crippen LogP contribution in [0.5, 0.6) is 0 Å². The van der Waals surface area contributed by atoms with Crippen LogP contribution in [0.1, 0.15) is 65.2 Å². The van der Waals surface area contributed by atoms with Gasteiger partial charge >= 0.3 is 5.97 Å². The summed E-state index contributed by atoms with van der Waals surface area (Å²) in [5.41, 5.74) is -1.44. The number of hydrogen-bond acceptors (Lipinski definition) is 6. The minimum atomic E-state index is -1.44. The van der Waals surface area contributed by atoms with Gasteiger partial charge in [-0.15, -0.1) is 0 Å². The van der Waals surface area contributed by atoms with E-state index in [1.54, 1.807) is 0 Å². The predicted octanol–water partition coefficient (Wildman–Crippen LogP) is 2.85. The molecule has 0 bridgehead atoms.